The molecular formula is C16H25NO2S. The maximum absolute atomic E-state index is 12.6. The molecular weight excluding hydrogens is 270 g/mol. The molecule has 2 rings (SSSR count). The number of nitrogens with two attached hydrogens (primary N) is 1. The van der Waals surface area contributed by atoms with E-state index in [1.807, 2.05) is 13.8 Å². The van der Waals surface area contributed by atoms with Crippen molar-refractivity contribution in [1.82, 2.24) is 0 Å². The molecule has 1 aromatic carbocycles. The quantitative estimate of drug-likeness (QED) is 0.908. The first-order valence-corrected chi connectivity index (χ1v) is 8.67. The van der Waals surface area contributed by atoms with E-state index in [4.69, 9.17) is 10.5 Å². The van der Waals surface area contributed by atoms with Crippen molar-refractivity contribution in [2.45, 2.75) is 56.3 Å². The third-order valence-corrected chi connectivity index (χ3v) is 6.49. The van der Waals surface area contributed by atoms with Gasteiger partial charge in [0.05, 0.1) is 16.6 Å². The number of hydrogen-bond donors (Lipinski definition) is 1. The van der Waals surface area contributed by atoms with Gasteiger partial charge in [-0.1, -0.05) is 31.2 Å². The molecule has 0 amide bonds. The van der Waals surface area contributed by atoms with Crippen molar-refractivity contribution in [1.29, 1.82) is 0 Å². The molecule has 0 spiro atoms. The topological polar surface area (TPSA) is 52.3 Å². The Bertz CT molecular complexity index is 460. The first-order valence-electron chi connectivity index (χ1n) is 7.40. The van der Waals surface area contributed by atoms with E-state index in [1.165, 1.54) is 5.56 Å². The molecule has 4 heteroatoms. The van der Waals surface area contributed by atoms with E-state index in [-0.39, 0.29) is 22.6 Å². The van der Waals surface area contributed by atoms with E-state index < -0.39 is 10.8 Å². The summed E-state index contributed by atoms with van der Waals surface area (Å²) in [4.78, 5) is 0. The molecule has 0 aliphatic carbocycles. The van der Waals surface area contributed by atoms with Crippen LogP contribution in [0.4, 0.5) is 0 Å². The van der Waals surface area contributed by atoms with Crippen LogP contribution in [0, 0.1) is 0 Å². The summed E-state index contributed by atoms with van der Waals surface area (Å²) in [7, 11) is -0.958. The van der Waals surface area contributed by atoms with Crippen LogP contribution in [0.15, 0.2) is 24.3 Å². The van der Waals surface area contributed by atoms with E-state index >= 15 is 0 Å². The third-order valence-electron chi connectivity index (χ3n) is 4.25. The van der Waals surface area contributed by atoms with Crippen molar-refractivity contribution in [2.75, 3.05) is 6.61 Å². The van der Waals surface area contributed by atoms with Crippen molar-refractivity contribution in [3.8, 4) is 0 Å². The molecule has 1 aliphatic heterocycles. The van der Waals surface area contributed by atoms with Gasteiger partial charge in [0, 0.05) is 23.4 Å². The Morgan fingerprint density at radius 2 is 2.05 bits per heavy atom. The minimum absolute atomic E-state index is 0.0587. The van der Waals surface area contributed by atoms with Gasteiger partial charge >= 0.3 is 0 Å². The Morgan fingerprint density at radius 1 is 1.40 bits per heavy atom. The first kappa shape index (κ1) is 15.7. The molecule has 1 aliphatic rings. The van der Waals surface area contributed by atoms with E-state index in [9.17, 15) is 4.21 Å². The molecule has 112 valence electrons. The Morgan fingerprint density at radius 3 is 2.55 bits per heavy atom. The van der Waals surface area contributed by atoms with Gasteiger partial charge in [0.15, 0.2) is 0 Å². The summed E-state index contributed by atoms with van der Waals surface area (Å²) in [6.45, 7) is 6.84. The maximum Gasteiger partial charge on any atom is 0.0691 e. The van der Waals surface area contributed by atoms with Gasteiger partial charge in [0.25, 0.3) is 0 Å². The average Bonchev–Trinajstić information content (AvgIpc) is 2.91. The number of aryl methyl sites for hydroxylation is 1. The van der Waals surface area contributed by atoms with E-state index in [2.05, 4.69) is 31.2 Å². The van der Waals surface area contributed by atoms with Crippen molar-refractivity contribution in [2.24, 2.45) is 5.73 Å². The molecule has 0 bridgehead atoms. The number of rotatable bonds is 5. The summed E-state index contributed by atoms with van der Waals surface area (Å²) in [5.41, 5.74) is 8.67. The highest BCUT2D eigenvalue weighted by atomic mass is 32.2. The lowest BCUT2D eigenvalue weighted by atomic mass is 10.0. The Balaban J connectivity index is 2.06. The summed E-state index contributed by atoms with van der Waals surface area (Å²) in [6, 6.07) is 8.14. The smallest absolute Gasteiger partial charge is 0.0691 e. The van der Waals surface area contributed by atoms with Crippen LogP contribution in [-0.4, -0.2) is 27.4 Å². The zero-order valence-electron chi connectivity index (χ0n) is 12.5. The third kappa shape index (κ3) is 3.30. The van der Waals surface area contributed by atoms with Crippen molar-refractivity contribution < 1.29 is 8.95 Å². The van der Waals surface area contributed by atoms with Gasteiger partial charge in [0.1, 0.15) is 0 Å². The van der Waals surface area contributed by atoms with Crippen LogP contribution in [0.5, 0.6) is 0 Å². The van der Waals surface area contributed by atoms with E-state index in [1.54, 1.807) is 0 Å². The van der Waals surface area contributed by atoms with Crippen molar-refractivity contribution in [3.05, 3.63) is 35.4 Å². The summed E-state index contributed by atoms with van der Waals surface area (Å²) < 4.78 is 18.2. The van der Waals surface area contributed by atoms with Crippen LogP contribution in [0.3, 0.4) is 0 Å². The second-order valence-corrected chi connectivity index (χ2v) is 7.56. The van der Waals surface area contributed by atoms with E-state index in [0.717, 1.165) is 18.4 Å². The van der Waals surface area contributed by atoms with Gasteiger partial charge in [-0.3, -0.25) is 4.21 Å². The molecule has 0 aromatic heterocycles. The van der Waals surface area contributed by atoms with Gasteiger partial charge in [-0.25, -0.2) is 0 Å². The fraction of sp³-hybridized carbons (Fsp3) is 0.625. The summed E-state index contributed by atoms with van der Waals surface area (Å²) >= 11 is 0. The van der Waals surface area contributed by atoms with Gasteiger partial charge in [-0.05, 0) is 37.8 Å². The molecule has 3 nitrogen and oxygen atoms in total. The second kappa shape index (κ2) is 6.83. The lowest BCUT2D eigenvalue weighted by Gasteiger charge is -2.24. The molecule has 0 saturated carbocycles. The molecule has 5 atom stereocenters. The lowest BCUT2D eigenvalue weighted by Crippen LogP contribution is -2.36. The minimum Gasteiger partial charge on any atom is -0.377 e. The molecule has 1 heterocycles. The highest BCUT2D eigenvalue weighted by molar-refractivity contribution is 7.86. The molecule has 0 radical (unpaired) electrons. The van der Waals surface area contributed by atoms with Crippen molar-refractivity contribution >= 4 is 10.8 Å². The van der Waals surface area contributed by atoms with Crippen LogP contribution >= 0.6 is 0 Å². The monoisotopic (exact) mass is 295 g/mol. The summed E-state index contributed by atoms with van der Waals surface area (Å²) in [6.07, 6.45) is 1.97. The normalized spacial score (nSPS) is 27.2. The molecule has 5 unspecified atom stereocenters. The predicted molar refractivity (Wildman–Crippen MR) is 84.2 cm³/mol. The highest BCUT2D eigenvalue weighted by Crippen LogP contribution is 2.26. The first-order chi connectivity index (χ1) is 9.54. The van der Waals surface area contributed by atoms with Gasteiger partial charge < -0.3 is 10.5 Å². The van der Waals surface area contributed by atoms with Crippen LogP contribution in [0.2, 0.25) is 0 Å². The zero-order valence-corrected chi connectivity index (χ0v) is 13.4. The van der Waals surface area contributed by atoms with Crippen LogP contribution in [0.25, 0.3) is 0 Å². The van der Waals surface area contributed by atoms with Crippen LogP contribution in [-0.2, 0) is 22.0 Å². The standard InChI is InChI=1S/C16H25NO2S/c1-4-13-5-7-14(8-6-13)16(17)12(3)20(18)15-9-10-19-11(15)2/h5-8,11-12,15-16H,4,9-10,17H2,1-3H3. The Labute approximate surface area is 124 Å². The van der Waals surface area contributed by atoms with Gasteiger partial charge in [-0.15, -0.1) is 0 Å². The fourth-order valence-electron chi connectivity index (χ4n) is 2.68. The van der Waals surface area contributed by atoms with Gasteiger partial charge in [-0.2, -0.15) is 0 Å². The molecule has 1 fully saturated rings. The predicted octanol–water partition coefficient (Wildman–Crippen LogP) is 2.56. The van der Waals surface area contributed by atoms with Crippen LogP contribution < -0.4 is 5.73 Å². The number of benzene rings is 1. The largest absolute Gasteiger partial charge is 0.377 e. The Hall–Kier alpha value is -0.710. The van der Waals surface area contributed by atoms with Crippen LogP contribution in [0.1, 0.15) is 44.4 Å². The molecule has 1 saturated heterocycles. The molecule has 1 aromatic rings. The number of hydrogen-bond acceptors (Lipinski definition) is 3. The fourth-order valence-corrected chi connectivity index (χ4v) is 4.47. The SMILES string of the molecule is CCc1ccc(C(N)C(C)S(=O)C2CCOC2C)cc1. The second-order valence-electron chi connectivity index (χ2n) is 5.56. The lowest BCUT2D eigenvalue weighted by molar-refractivity contribution is 0.126. The van der Waals surface area contributed by atoms with Crippen molar-refractivity contribution in [3.63, 3.8) is 0 Å². The average molecular weight is 295 g/mol. The molecule has 20 heavy (non-hydrogen) atoms. The maximum atomic E-state index is 12.6. The summed E-state index contributed by atoms with van der Waals surface area (Å²) in [5.74, 6) is 0. The van der Waals surface area contributed by atoms with E-state index in [0.29, 0.717) is 6.61 Å². The minimum atomic E-state index is -0.958. The van der Waals surface area contributed by atoms with Gasteiger partial charge in [0.2, 0.25) is 0 Å². The molecule has 2 N–H and O–H groups in total. The zero-order chi connectivity index (χ0) is 14.7. The number of ether oxygens (including phenoxy) is 1. The summed E-state index contributed by atoms with van der Waals surface area (Å²) in [5, 5.41) is 0.0580. The highest BCUT2D eigenvalue weighted by Gasteiger charge is 2.34. The Kier molecular flexibility index (Phi) is 5.35.